The topological polar surface area (TPSA) is 50.4 Å². The fraction of sp³-hybridized carbons (Fsp3) is 0.588. The number of halogens is 2. The van der Waals surface area contributed by atoms with Gasteiger partial charge in [-0.1, -0.05) is 6.07 Å². The molecule has 0 bridgehead atoms. The summed E-state index contributed by atoms with van der Waals surface area (Å²) in [7, 11) is 1.65. The van der Waals surface area contributed by atoms with Crippen LogP contribution in [-0.2, 0) is 11.2 Å². The van der Waals surface area contributed by atoms with Crippen molar-refractivity contribution in [3.05, 3.63) is 28.2 Å². The Balaban J connectivity index is 0.00000264. The highest BCUT2D eigenvalue weighted by molar-refractivity contribution is 9.10. The van der Waals surface area contributed by atoms with Crippen molar-refractivity contribution < 1.29 is 9.53 Å². The molecule has 23 heavy (non-hydrogen) atoms. The standard InChI is InChI=1S/C17H25BrN2O2.ClH/c1-22-16-6-4-13(11-15(16)18)5-7-17(21)20-10-8-14-3-2-9-19-12-14;/h4,6,11,14,19H,2-3,5,7-10,12H2,1H3,(H,20,21);1H. The van der Waals surface area contributed by atoms with Crippen LogP contribution in [0.2, 0.25) is 0 Å². The molecule has 1 aromatic carbocycles. The lowest BCUT2D eigenvalue weighted by atomic mass is 9.96. The molecule has 130 valence electrons. The molecule has 1 fully saturated rings. The van der Waals surface area contributed by atoms with Gasteiger partial charge in [0.15, 0.2) is 0 Å². The summed E-state index contributed by atoms with van der Waals surface area (Å²) in [5.41, 5.74) is 1.14. The molecule has 2 rings (SSSR count). The average Bonchev–Trinajstić information content (AvgIpc) is 2.54. The Morgan fingerprint density at radius 2 is 2.30 bits per heavy atom. The molecule has 0 radical (unpaired) electrons. The maximum Gasteiger partial charge on any atom is 0.220 e. The van der Waals surface area contributed by atoms with Crippen molar-refractivity contribution in [1.82, 2.24) is 10.6 Å². The van der Waals surface area contributed by atoms with E-state index in [0.29, 0.717) is 12.3 Å². The molecule has 1 atom stereocenters. The fourth-order valence-corrected chi connectivity index (χ4v) is 3.39. The summed E-state index contributed by atoms with van der Waals surface area (Å²) in [4.78, 5) is 11.9. The first-order chi connectivity index (χ1) is 10.7. The number of methoxy groups -OCH3 is 1. The third kappa shape index (κ3) is 7.10. The Hall–Kier alpha value is -0.780. The number of rotatable bonds is 7. The Labute approximate surface area is 153 Å². The second-order valence-corrected chi connectivity index (χ2v) is 6.67. The van der Waals surface area contributed by atoms with Crippen LogP contribution in [-0.4, -0.2) is 32.7 Å². The lowest BCUT2D eigenvalue weighted by molar-refractivity contribution is -0.121. The lowest BCUT2D eigenvalue weighted by Gasteiger charge is -2.22. The Kier molecular flexibility index (Phi) is 9.60. The molecule has 1 amide bonds. The summed E-state index contributed by atoms with van der Waals surface area (Å²) in [5.74, 6) is 1.66. The minimum Gasteiger partial charge on any atom is -0.496 e. The van der Waals surface area contributed by atoms with Gasteiger partial charge in [-0.3, -0.25) is 4.79 Å². The van der Waals surface area contributed by atoms with Gasteiger partial charge >= 0.3 is 0 Å². The molecule has 1 saturated heterocycles. The summed E-state index contributed by atoms with van der Waals surface area (Å²) in [6, 6.07) is 5.94. The summed E-state index contributed by atoms with van der Waals surface area (Å²) in [5, 5.41) is 6.44. The summed E-state index contributed by atoms with van der Waals surface area (Å²) in [6.07, 6.45) is 4.89. The number of hydrogen-bond acceptors (Lipinski definition) is 3. The smallest absolute Gasteiger partial charge is 0.220 e. The van der Waals surface area contributed by atoms with Gasteiger partial charge in [0.25, 0.3) is 0 Å². The number of aryl methyl sites for hydroxylation is 1. The van der Waals surface area contributed by atoms with Gasteiger partial charge < -0.3 is 15.4 Å². The van der Waals surface area contributed by atoms with Crippen LogP contribution in [0, 0.1) is 5.92 Å². The Morgan fingerprint density at radius 1 is 1.48 bits per heavy atom. The van der Waals surface area contributed by atoms with Crippen molar-refractivity contribution >= 4 is 34.2 Å². The molecule has 1 unspecified atom stereocenters. The van der Waals surface area contributed by atoms with E-state index in [1.807, 2.05) is 18.2 Å². The molecule has 1 aliphatic heterocycles. The lowest BCUT2D eigenvalue weighted by Crippen LogP contribution is -2.33. The van der Waals surface area contributed by atoms with Crippen molar-refractivity contribution in [2.45, 2.75) is 32.1 Å². The first-order valence-electron chi connectivity index (χ1n) is 7.99. The molecule has 0 saturated carbocycles. The predicted octanol–water partition coefficient (Wildman–Crippen LogP) is 3.32. The van der Waals surface area contributed by atoms with Crippen LogP contribution in [0.4, 0.5) is 0 Å². The molecule has 6 heteroatoms. The van der Waals surface area contributed by atoms with Gasteiger partial charge in [0.2, 0.25) is 5.91 Å². The average molecular weight is 406 g/mol. The van der Waals surface area contributed by atoms with Crippen molar-refractivity contribution in [1.29, 1.82) is 0 Å². The number of carbonyl (C=O) groups is 1. The fourth-order valence-electron chi connectivity index (χ4n) is 2.80. The summed E-state index contributed by atoms with van der Waals surface area (Å²) < 4.78 is 6.13. The minimum atomic E-state index is 0. The van der Waals surface area contributed by atoms with Crippen molar-refractivity contribution in [3.8, 4) is 5.75 Å². The van der Waals surface area contributed by atoms with Gasteiger partial charge in [0, 0.05) is 13.0 Å². The zero-order chi connectivity index (χ0) is 15.8. The van der Waals surface area contributed by atoms with Crippen LogP contribution in [0.3, 0.4) is 0 Å². The van der Waals surface area contributed by atoms with E-state index in [1.54, 1.807) is 7.11 Å². The molecular formula is C17H26BrClN2O2. The van der Waals surface area contributed by atoms with E-state index in [1.165, 1.54) is 12.8 Å². The van der Waals surface area contributed by atoms with Crippen LogP contribution >= 0.6 is 28.3 Å². The molecule has 0 aromatic heterocycles. The maximum atomic E-state index is 11.9. The first-order valence-corrected chi connectivity index (χ1v) is 8.78. The van der Waals surface area contributed by atoms with E-state index in [9.17, 15) is 4.79 Å². The largest absolute Gasteiger partial charge is 0.496 e. The Bertz CT molecular complexity index is 493. The molecule has 1 aromatic rings. The van der Waals surface area contributed by atoms with Gasteiger partial charge in [-0.15, -0.1) is 12.4 Å². The zero-order valence-corrected chi connectivity index (χ0v) is 16.0. The van der Waals surface area contributed by atoms with Crippen molar-refractivity contribution in [2.75, 3.05) is 26.7 Å². The molecule has 0 aliphatic carbocycles. The minimum absolute atomic E-state index is 0. The molecule has 2 N–H and O–H groups in total. The van der Waals surface area contributed by atoms with E-state index in [4.69, 9.17) is 4.74 Å². The monoisotopic (exact) mass is 404 g/mol. The van der Waals surface area contributed by atoms with E-state index in [0.717, 1.165) is 48.3 Å². The van der Waals surface area contributed by atoms with Crippen LogP contribution in [0.1, 0.15) is 31.2 Å². The maximum absolute atomic E-state index is 11.9. The quantitative estimate of drug-likeness (QED) is 0.731. The normalized spacial score (nSPS) is 17.2. The highest BCUT2D eigenvalue weighted by atomic mass is 79.9. The molecule has 1 heterocycles. The van der Waals surface area contributed by atoms with Gasteiger partial charge in [0.1, 0.15) is 5.75 Å². The number of nitrogens with one attached hydrogen (secondary N) is 2. The van der Waals surface area contributed by atoms with E-state index in [2.05, 4.69) is 26.6 Å². The summed E-state index contributed by atoms with van der Waals surface area (Å²) in [6.45, 7) is 3.02. The Morgan fingerprint density at radius 3 is 2.96 bits per heavy atom. The molecule has 4 nitrogen and oxygen atoms in total. The van der Waals surface area contributed by atoms with E-state index in [-0.39, 0.29) is 18.3 Å². The van der Waals surface area contributed by atoms with Gasteiger partial charge in [0.05, 0.1) is 11.6 Å². The van der Waals surface area contributed by atoms with Crippen LogP contribution < -0.4 is 15.4 Å². The van der Waals surface area contributed by atoms with Crippen LogP contribution in [0.15, 0.2) is 22.7 Å². The van der Waals surface area contributed by atoms with Crippen molar-refractivity contribution in [2.24, 2.45) is 5.92 Å². The van der Waals surface area contributed by atoms with Crippen LogP contribution in [0.25, 0.3) is 0 Å². The van der Waals surface area contributed by atoms with E-state index >= 15 is 0 Å². The second-order valence-electron chi connectivity index (χ2n) is 5.82. The first kappa shape index (κ1) is 20.3. The highest BCUT2D eigenvalue weighted by Gasteiger charge is 2.12. The van der Waals surface area contributed by atoms with Gasteiger partial charge in [-0.25, -0.2) is 0 Å². The molecular weight excluding hydrogens is 380 g/mol. The number of carbonyl (C=O) groups excluding carboxylic acids is 1. The number of piperidine rings is 1. The third-order valence-electron chi connectivity index (χ3n) is 4.13. The summed E-state index contributed by atoms with van der Waals surface area (Å²) >= 11 is 3.47. The van der Waals surface area contributed by atoms with Crippen LogP contribution in [0.5, 0.6) is 5.75 Å². The highest BCUT2D eigenvalue weighted by Crippen LogP contribution is 2.25. The number of hydrogen-bond donors (Lipinski definition) is 2. The number of amides is 1. The number of benzene rings is 1. The number of ether oxygens (including phenoxy) is 1. The molecule has 0 spiro atoms. The van der Waals surface area contributed by atoms with Crippen molar-refractivity contribution in [3.63, 3.8) is 0 Å². The van der Waals surface area contributed by atoms with E-state index < -0.39 is 0 Å². The predicted molar refractivity (Wildman–Crippen MR) is 99.5 cm³/mol. The third-order valence-corrected chi connectivity index (χ3v) is 4.75. The molecule has 1 aliphatic rings. The van der Waals surface area contributed by atoms with Gasteiger partial charge in [-0.05, 0) is 78.3 Å². The zero-order valence-electron chi connectivity index (χ0n) is 13.6. The second kappa shape index (κ2) is 10.9. The SMILES string of the molecule is COc1ccc(CCC(=O)NCCC2CCCNC2)cc1Br.Cl. The van der Waals surface area contributed by atoms with Gasteiger partial charge in [-0.2, -0.15) is 0 Å².